The molecule has 2 amide bonds. The molecule has 0 spiro atoms. The predicted molar refractivity (Wildman–Crippen MR) is 130 cm³/mol. The first-order chi connectivity index (χ1) is 15.5. The number of benzene rings is 3. The molecule has 164 valence electrons. The maximum absolute atomic E-state index is 12.7. The Balaban J connectivity index is 1.30. The molecular weight excluding hydrogens is 422 g/mol. The first-order valence-electron chi connectivity index (χ1n) is 10.7. The van der Waals surface area contributed by atoms with Gasteiger partial charge in [0.15, 0.2) is 0 Å². The Kier molecular flexibility index (Phi) is 6.76. The third-order valence-electron chi connectivity index (χ3n) is 5.65. The average molecular weight is 448 g/mol. The minimum absolute atomic E-state index is 0.175. The number of nitrogens with zero attached hydrogens (tertiary/aromatic N) is 2. The third-order valence-corrected chi connectivity index (χ3v) is 5.88. The summed E-state index contributed by atoms with van der Waals surface area (Å²) in [6.07, 6.45) is 0.447. The largest absolute Gasteiger partial charge is 0.368 e. The highest BCUT2D eigenvalue weighted by atomic mass is 35.5. The molecule has 1 N–H and O–H groups in total. The van der Waals surface area contributed by atoms with Gasteiger partial charge < -0.3 is 15.1 Å². The zero-order valence-electron chi connectivity index (χ0n) is 18.1. The normalized spacial score (nSPS) is 13.7. The van der Waals surface area contributed by atoms with Crippen LogP contribution in [0.1, 0.15) is 21.5 Å². The van der Waals surface area contributed by atoms with E-state index in [4.69, 9.17) is 11.6 Å². The number of hydrogen-bond acceptors (Lipinski definition) is 3. The van der Waals surface area contributed by atoms with Crippen molar-refractivity contribution >= 4 is 34.8 Å². The van der Waals surface area contributed by atoms with Crippen molar-refractivity contribution in [1.29, 1.82) is 0 Å². The topological polar surface area (TPSA) is 52.7 Å². The molecule has 5 nitrogen and oxygen atoms in total. The zero-order valence-corrected chi connectivity index (χ0v) is 18.8. The summed E-state index contributed by atoms with van der Waals surface area (Å²) < 4.78 is 0. The Morgan fingerprint density at radius 3 is 2.31 bits per heavy atom. The number of aryl methyl sites for hydroxylation is 1. The van der Waals surface area contributed by atoms with Crippen LogP contribution in [0.15, 0.2) is 72.8 Å². The van der Waals surface area contributed by atoms with Gasteiger partial charge in [-0.05, 0) is 55.0 Å². The molecule has 4 rings (SSSR count). The van der Waals surface area contributed by atoms with Gasteiger partial charge in [0.25, 0.3) is 5.91 Å². The fourth-order valence-electron chi connectivity index (χ4n) is 3.91. The molecule has 1 aliphatic heterocycles. The molecule has 32 heavy (non-hydrogen) atoms. The van der Waals surface area contributed by atoms with Crippen molar-refractivity contribution in [1.82, 2.24) is 4.90 Å². The van der Waals surface area contributed by atoms with E-state index in [1.54, 1.807) is 24.3 Å². The molecule has 0 unspecified atom stereocenters. The van der Waals surface area contributed by atoms with Gasteiger partial charge in [0, 0.05) is 48.1 Å². The highest BCUT2D eigenvalue weighted by Gasteiger charge is 2.21. The average Bonchev–Trinajstić information content (AvgIpc) is 2.80. The van der Waals surface area contributed by atoms with Crippen molar-refractivity contribution in [2.75, 3.05) is 36.4 Å². The molecule has 0 aromatic heterocycles. The summed E-state index contributed by atoms with van der Waals surface area (Å²) in [5.74, 6) is -0.0182. The fraction of sp³-hybridized carbons (Fsp3) is 0.231. The number of rotatable bonds is 5. The predicted octanol–water partition coefficient (Wildman–Crippen LogP) is 4.79. The van der Waals surface area contributed by atoms with Gasteiger partial charge in [-0.25, -0.2) is 0 Å². The standard InChI is InChI=1S/C26H26ClN3O2/c1-19-4-2-5-20(16-19)17-25(31)30-14-12-29(13-15-30)24-10-8-23(9-11-24)28-26(32)21-6-3-7-22(27)18-21/h2-11,16,18H,12-15,17H2,1H3,(H,28,32). The summed E-state index contributed by atoms with van der Waals surface area (Å²) in [5, 5.41) is 3.43. The monoisotopic (exact) mass is 447 g/mol. The fourth-order valence-corrected chi connectivity index (χ4v) is 4.10. The van der Waals surface area contributed by atoms with Crippen LogP contribution < -0.4 is 10.2 Å². The van der Waals surface area contributed by atoms with E-state index in [-0.39, 0.29) is 11.8 Å². The second-order valence-corrected chi connectivity index (χ2v) is 8.48. The van der Waals surface area contributed by atoms with Crippen LogP contribution >= 0.6 is 11.6 Å². The second kappa shape index (κ2) is 9.88. The molecule has 1 saturated heterocycles. The number of piperazine rings is 1. The lowest BCUT2D eigenvalue weighted by Crippen LogP contribution is -2.49. The van der Waals surface area contributed by atoms with Gasteiger partial charge in [-0.3, -0.25) is 9.59 Å². The molecule has 0 radical (unpaired) electrons. The van der Waals surface area contributed by atoms with Gasteiger partial charge in [-0.1, -0.05) is 47.5 Å². The van der Waals surface area contributed by atoms with Crippen LogP contribution in [0.5, 0.6) is 0 Å². The summed E-state index contributed by atoms with van der Waals surface area (Å²) in [7, 11) is 0. The van der Waals surface area contributed by atoms with Crippen molar-refractivity contribution < 1.29 is 9.59 Å². The Morgan fingerprint density at radius 2 is 1.62 bits per heavy atom. The summed E-state index contributed by atoms with van der Waals surface area (Å²) in [6, 6.07) is 22.8. The zero-order chi connectivity index (χ0) is 22.5. The highest BCUT2D eigenvalue weighted by Crippen LogP contribution is 2.21. The minimum atomic E-state index is -0.194. The first kappa shape index (κ1) is 21.9. The van der Waals surface area contributed by atoms with Gasteiger partial charge in [-0.15, -0.1) is 0 Å². The van der Waals surface area contributed by atoms with E-state index in [0.29, 0.717) is 30.1 Å². The van der Waals surface area contributed by atoms with Crippen LogP contribution in [0.2, 0.25) is 5.02 Å². The van der Waals surface area contributed by atoms with Crippen LogP contribution in [-0.4, -0.2) is 42.9 Å². The number of carbonyl (C=O) groups excluding carboxylic acids is 2. The van der Waals surface area contributed by atoms with Crippen molar-refractivity contribution in [2.24, 2.45) is 0 Å². The number of halogens is 1. The van der Waals surface area contributed by atoms with Gasteiger partial charge in [-0.2, -0.15) is 0 Å². The summed E-state index contributed by atoms with van der Waals surface area (Å²) in [5.41, 5.74) is 4.57. The number of carbonyl (C=O) groups is 2. The molecule has 3 aromatic rings. The van der Waals surface area contributed by atoms with E-state index >= 15 is 0 Å². The molecule has 6 heteroatoms. The molecule has 0 atom stereocenters. The highest BCUT2D eigenvalue weighted by molar-refractivity contribution is 6.31. The molecule has 1 heterocycles. The van der Waals surface area contributed by atoms with E-state index in [1.165, 1.54) is 5.56 Å². The summed E-state index contributed by atoms with van der Waals surface area (Å²) >= 11 is 5.97. The van der Waals surface area contributed by atoms with Crippen LogP contribution in [0.3, 0.4) is 0 Å². The number of amides is 2. The lowest BCUT2D eigenvalue weighted by Gasteiger charge is -2.36. The molecular formula is C26H26ClN3O2. The van der Waals surface area contributed by atoms with E-state index in [1.807, 2.05) is 54.3 Å². The minimum Gasteiger partial charge on any atom is -0.368 e. The van der Waals surface area contributed by atoms with Gasteiger partial charge in [0.1, 0.15) is 0 Å². The Labute approximate surface area is 193 Å². The molecule has 1 aliphatic rings. The lowest BCUT2D eigenvalue weighted by atomic mass is 10.1. The quantitative estimate of drug-likeness (QED) is 0.611. The maximum atomic E-state index is 12.7. The second-order valence-electron chi connectivity index (χ2n) is 8.05. The SMILES string of the molecule is Cc1cccc(CC(=O)N2CCN(c3ccc(NC(=O)c4cccc(Cl)c4)cc3)CC2)c1. The first-order valence-corrected chi connectivity index (χ1v) is 11.1. The van der Waals surface area contributed by atoms with E-state index in [9.17, 15) is 9.59 Å². The lowest BCUT2D eigenvalue weighted by molar-refractivity contribution is -0.130. The van der Waals surface area contributed by atoms with Crippen molar-refractivity contribution in [3.8, 4) is 0 Å². The van der Waals surface area contributed by atoms with Gasteiger partial charge >= 0.3 is 0 Å². The van der Waals surface area contributed by atoms with Crippen molar-refractivity contribution in [3.63, 3.8) is 0 Å². The number of anilines is 2. The molecule has 0 aliphatic carbocycles. The Hall–Kier alpha value is -3.31. The van der Waals surface area contributed by atoms with E-state index < -0.39 is 0 Å². The van der Waals surface area contributed by atoms with E-state index in [0.717, 1.165) is 30.0 Å². The van der Waals surface area contributed by atoms with Crippen molar-refractivity contribution in [2.45, 2.75) is 13.3 Å². The van der Waals surface area contributed by atoms with Gasteiger partial charge in [0.05, 0.1) is 6.42 Å². The molecule has 0 saturated carbocycles. The smallest absolute Gasteiger partial charge is 0.255 e. The Bertz CT molecular complexity index is 1110. The van der Waals surface area contributed by atoms with Crippen molar-refractivity contribution in [3.05, 3.63) is 94.5 Å². The number of hydrogen-bond donors (Lipinski definition) is 1. The van der Waals surface area contributed by atoms with E-state index in [2.05, 4.69) is 16.3 Å². The number of nitrogens with one attached hydrogen (secondary N) is 1. The maximum Gasteiger partial charge on any atom is 0.255 e. The molecule has 3 aromatic carbocycles. The Morgan fingerprint density at radius 1 is 0.906 bits per heavy atom. The van der Waals surface area contributed by atoms with Gasteiger partial charge in [0.2, 0.25) is 5.91 Å². The van der Waals surface area contributed by atoms with Crippen LogP contribution in [0, 0.1) is 6.92 Å². The van der Waals surface area contributed by atoms with Crippen LogP contribution in [0.25, 0.3) is 0 Å². The summed E-state index contributed by atoms with van der Waals surface area (Å²) in [4.78, 5) is 29.3. The molecule has 0 bridgehead atoms. The third kappa shape index (κ3) is 5.48. The van der Waals surface area contributed by atoms with Crippen LogP contribution in [0.4, 0.5) is 11.4 Å². The summed E-state index contributed by atoms with van der Waals surface area (Å²) in [6.45, 7) is 5.03. The molecule has 1 fully saturated rings. The van der Waals surface area contributed by atoms with Crippen LogP contribution in [-0.2, 0) is 11.2 Å².